The summed E-state index contributed by atoms with van der Waals surface area (Å²) in [6, 6.07) is 9.96. The molecule has 0 fully saturated rings. The molecule has 3 heteroatoms. The first-order valence-corrected chi connectivity index (χ1v) is 5.42. The van der Waals surface area contributed by atoms with Gasteiger partial charge in [0.2, 0.25) is 0 Å². The molecule has 0 radical (unpaired) electrons. The van der Waals surface area contributed by atoms with Gasteiger partial charge in [-0.3, -0.25) is 0 Å². The molecule has 1 aromatic carbocycles. The van der Waals surface area contributed by atoms with Crippen LogP contribution in [-0.4, -0.2) is 5.16 Å². The zero-order valence-corrected chi connectivity index (χ0v) is 9.56. The van der Waals surface area contributed by atoms with E-state index in [4.69, 9.17) is 9.26 Å². The number of ether oxygens (including phenoxy) is 1. The molecule has 0 spiro atoms. The lowest BCUT2D eigenvalue weighted by Crippen LogP contribution is -1.93. The number of rotatable bonds is 4. The SMILES string of the molecule is CCc1ccc(OCc2cc(C)no2)cc1. The Labute approximate surface area is 95.0 Å². The summed E-state index contributed by atoms with van der Waals surface area (Å²) in [7, 11) is 0. The quantitative estimate of drug-likeness (QED) is 0.789. The first-order chi connectivity index (χ1) is 7.78. The average Bonchev–Trinajstić information content (AvgIpc) is 2.73. The zero-order chi connectivity index (χ0) is 11.4. The van der Waals surface area contributed by atoms with E-state index >= 15 is 0 Å². The van der Waals surface area contributed by atoms with E-state index in [2.05, 4.69) is 24.2 Å². The number of benzene rings is 1. The summed E-state index contributed by atoms with van der Waals surface area (Å²) < 4.78 is 10.6. The molecule has 0 N–H and O–H groups in total. The van der Waals surface area contributed by atoms with Gasteiger partial charge < -0.3 is 9.26 Å². The van der Waals surface area contributed by atoms with E-state index in [-0.39, 0.29) is 0 Å². The Kier molecular flexibility index (Phi) is 3.25. The second kappa shape index (κ2) is 4.84. The molecule has 0 unspecified atom stereocenters. The summed E-state index contributed by atoms with van der Waals surface area (Å²) in [6.07, 6.45) is 1.04. The Hall–Kier alpha value is -1.77. The first kappa shape index (κ1) is 10.7. The summed E-state index contributed by atoms with van der Waals surface area (Å²) in [5, 5.41) is 3.80. The van der Waals surface area contributed by atoms with Crippen LogP contribution in [-0.2, 0) is 13.0 Å². The number of hydrogen-bond acceptors (Lipinski definition) is 3. The second-order valence-electron chi connectivity index (χ2n) is 3.72. The number of nitrogens with zero attached hydrogens (tertiary/aromatic N) is 1. The molecule has 16 heavy (non-hydrogen) atoms. The van der Waals surface area contributed by atoms with Crippen LogP contribution in [0.1, 0.15) is 23.9 Å². The van der Waals surface area contributed by atoms with Gasteiger partial charge in [0.1, 0.15) is 12.4 Å². The van der Waals surface area contributed by atoms with Gasteiger partial charge in [-0.25, -0.2) is 0 Å². The summed E-state index contributed by atoms with van der Waals surface area (Å²) in [5.41, 5.74) is 2.18. The van der Waals surface area contributed by atoms with Crippen molar-refractivity contribution in [1.29, 1.82) is 0 Å². The van der Waals surface area contributed by atoms with E-state index in [1.165, 1.54) is 5.56 Å². The third-order valence-electron chi connectivity index (χ3n) is 2.39. The molecule has 0 bridgehead atoms. The lowest BCUT2D eigenvalue weighted by atomic mass is 10.2. The Morgan fingerprint density at radius 3 is 2.56 bits per heavy atom. The van der Waals surface area contributed by atoms with E-state index in [1.807, 2.05) is 25.1 Å². The van der Waals surface area contributed by atoms with Crippen molar-refractivity contribution in [2.24, 2.45) is 0 Å². The Balaban J connectivity index is 1.94. The summed E-state index contributed by atoms with van der Waals surface area (Å²) >= 11 is 0. The van der Waals surface area contributed by atoms with Crippen LogP contribution >= 0.6 is 0 Å². The van der Waals surface area contributed by atoms with Crippen LogP contribution in [0, 0.1) is 6.92 Å². The van der Waals surface area contributed by atoms with Gasteiger partial charge in [0.05, 0.1) is 5.69 Å². The minimum absolute atomic E-state index is 0.423. The van der Waals surface area contributed by atoms with E-state index in [0.29, 0.717) is 6.61 Å². The van der Waals surface area contributed by atoms with Crippen LogP contribution in [0.25, 0.3) is 0 Å². The highest BCUT2D eigenvalue weighted by Gasteiger charge is 2.01. The van der Waals surface area contributed by atoms with Crippen LogP contribution in [0.3, 0.4) is 0 Å². The Morgan fingerprint density at radius 1 is 1.25 bits per heavy atom. The molecule has 0 aliphatic carbocycles. The van der Waals surface area contributed by atoms with Crippen LogP contribution in [0.2, 0.25) is 0 Å². The van der Waals surface area contributed by atoms with Crippen molar-refractivity contribution in [2.45, 2.75) is 26.9 Å². The molecule has 0 amide bonds. The van der Waals surface area contributed by atoms with Crippen molar-refractivity contribution in [3.05, 3.63) is 47.3 Å². The van der Waals surface area contributed by atoms with Gasteiger partial charge >= 0.3 is 0 Å². The molecule has 0 saturated heterocycles. The average molecular weight is 217 g/mol. The van der Waals surface area contributed by atoms with Crippen molar-refractivity contribution >= 4 is 0 Å². The highest BCUT2D eigenvalue weighted by atomic mass is 16.5. The largest absolute Gasteiger partial charge is 0.486 e. The molecule has 0 atom stereocenters. The summed E-state index contributed by atoms with van der Waals surface area (Å²) in [6.45, 7) is 4.45. The monoisotopic (exact) mass is 217 g/mol. The van der Waals surface area contributed by atoms with Crippen LogP contribution in [0.15, 0.2) is 34.9 Å². The fraction of sp³-hybridized carbons (Fsp3) is 0.308. The maximum absolute atomic E-state index is 5.57. The van der Waals surface area contributed by atoms with Gasteiger partial charge in [-0.05, 0) is 31.0 Å². The predicted molar refractivity (Wildman–Crippen MR) is 61.4 cm³/mol. The third kappa shape index (κ3) is 2.63. The molecular weight excluding hydrogens is 202 g/mol. The highest BCUT2D eigenvalue weighted by molar-refractivity contribution is 5.27. The molecule has 1 aromatic heterocycles. The van der Waals surface area contributed by atoms with Crippen LogP contribution in [0.5, 0.6) is 5.75 Å². The van der Waals surface area contributed by atoms with Gasteiger partial charge in [-0.15, -0.1) is 0 Å². The van der Waals surface area contributed by atoms with Gasteiger partial charge in [-0.1, -0.05) is 24.2 Å². The maximum atomic E-state index is 5.57. The fourth-order valence-electron chi connectivity index (χ4n) is 1.46. The molecule has 0 aliphatic heterocycles. The molecule has 84 valence electrons. The lowest BCUT2D eigenvalue weighted by Gasteiger charge is -2.04. The normalized spacial score (nSPS) is 10.4. The van der Waals surface area contributed by atoms with Gasteiger partial charge in [0.15, 0.2) is 5.76 Å². The molecule has 2 aromatic rings. The first-order valence-electron chi connectivity index (χ1n) is 5.42. The Bertz CT molecular complexity index is 445. The molecule has 0 saturated carbocycles. The van der Waals surface area contributed by atoms with Gasteiger partial charge in [0.25, 0.3) is 0 Å². The molecule has 3 nitrogen and oxygen atoms in total. The van der Waals surface area contributed by atoms with Crippen molar-refractivity contribution in [1.82, 2.24) is 5.16 Å². The smallest absolute Gasteiger partial charge is 0.174 e. The second-order valence-corrected chi connectivity index (χ2v) is 3.72. The van der Waals surface area contributed by atoms with Crippen LogP contribution in [0.4, 0.5) is 0 Å². The fourth-order valence-corrected chi connectivity index (χ4v) is 1.46. The number of aromatic nitrogens is 1. The van der Waals surface area contributed by atoms with Crippen molar-refractivity contribution in [3.63, 3.8) is 0 Å². The highest BCUT2D eigenvalue weighted by Crippen LogP contribution is 2.14. The summed E-state index contributed by atoms with van der Waals surface area (Å²) in [5.74, 6) is 1.60. The van der Waals surface area contributed by atoms with Crippen molar-refractivity contribution in [3.8, 4) is 5.75 Å². The predicted octanol–water partition coefficient (Wildman–Crippen LogP) is 3.12. The Morgan fingerprint density at radius 2 is 2.00 bits per heavy atom. The maximum Gasteiger partial charge on any atom is 0.174 e. The van der Waals surface area contributed by atoms with Crippen LogP contribution < -0.4 is 4.74 Å². The third-order valence-corrected chi connectivity index (χ3v) is 2.39. The van der Waals surface area contributed by atoms with Crippen molar-refractivity contribution in [2.75, 3.05) is 0 Å². The summed E-state index contributed by atoms with van der Waals surface area (Å²) in [4.78, 5) is 0. The standard InChI is InChI=1S/C13H15NO2/c1-3-11-4-6-12(7-5-11)15-9-13-8-10(2)14-16-13/h4-8H,3,9H2,1-2H3. The minimum Gasteiger partial charge on any atom is -0.486 e. The van der Waals surface area contributed by atoms with Crippen molar-refractivity contribution < 1.29 is 9.26 Å². The molecular formula is C13H15NO2. The molecule has 0 aliphatic rings. The molecule has 2 rings (SSSR count). The van der Waals surface area contributed by atoms with Gasteiger partial charge in [-0.2, -0.15) is 0 Å². The van der Waals surface area contributed by atoms with E-state index in [0.717, 1.165) is 23.6 Å². The zero-order valence-electron chi connectivity index (χ0n) is 9.56. The van der Waals surface area contributed by atoms with E-state index in [1.54, 1.807) is 0 Å². The number of aryl methyl sites for hydroxylation is 2. The van der Waals surface area contributed by atoms with E-state index in [9.17, 15) is 0 Å². The lowest BCUT2D eigenvalue weighted by molar-refractivity contribution is 0.249. The van der Waals surface area contributed by atoms with Gasteiger partial charge in [0, 0.05) is 6.07 Å². The topological polar surface area (TPSA) is 35.3 Å². The van der Waals surface area contributed by atoms with E-state index < -0.39 is 0 Å². The number of hydrogen-bond donors (Lipinski definition) is 0. The minimum atomic E-state index is 0.423. The molecule has 1 heterocycles.